The van der Waals surface area contributed by atoms with Crippen LogP contribution >= 0.6 is 11.3 Å². The van der Waals surface area contributed by atoms with Gasteiger partial charge in [0.15, 0.2) is 0 Å². The second-order valence-electron chi connectivity index (χ2n) is 7.56. The molecule has 0 saturated heterocycles. The molecule has 0 spiro atoms. The van der Waals surface area contributed by atoms with Crippen LogP contribution in [0.25, 0.3) is 10.2 Å². The SMILES string of the molecule is CC[C@@H](C(=O)Nc1ccc2c(c1)sc(=O)n2CC)N(c1cc(C)ccc1C)S(C)(=O)=O. The summed E-state index contributed by atoms with van der Waals surface area (Å²) in [6.07, 6.45) is 1.41. The number of nitrogens with one attached hydrogen (secondary N) is 1. The molecule has 1 heterocycles. The van der Waals surface area contributed by atoms with Gasteiger partial charge in [-0.05, 0) is 62.6 Å². The van der Waals surface area contributed by atoms with Gasteiger partial charge in [0, 0.05) is 12.2 Å². The van der Waals surface area contributed by atoms with Gasteiger partial charge in [-0.3, -0.25) is 18.5 Å². The van der Waals surface area contributed by atoms with E-state index < -0.39 is 22.0 Å². The largest absolute Gasteiger partial charge is 0.324 e. The molecule has 9 heteroatoms. The number of aryl methyl sites for hydroxylation is 3. The first kappa shape index (κ1) is 23.0. The fraction of sp³-hybridized carbons (Fsp3) is 0.364. The second kappa shape index (κ2) is 8.84. The van der Waals surface area contributed by atoms with Crippen molar-refractivity contribution < 1.29 is 13.2 Å². The van der Waals surface area contributed by atoms with Gasteiger partial charge in [-0.25, -0.2) is 8.42 Å². The number of hydrogen-bond donors (Lipinski definition) is 1. The molecule has 1 aromatic heterocycles. The lowest BCUT2D eigenvalue weighted by Crippen LogP contribution is -2.47. The fourth-order valence-corrected chi connectivity index (χ4v) is 5.92. The summed E-state index contributed by atoms with van der Waals surface area (Å²) in [5, 5.41) is 2.84. The van der Waals surface area contributed by atoms with E-state index in [1.807, 2.05) is 32.9 Å². The molecule has 0 unspecified atom stereocenters. The molecule has 0 radical (unpaired) electrons. The Morgan fingerprint density at radius 2 is 1.87 bits per heavy atom. The summed E-state index contributed by atoms with van der Waals surface area (Å²) < 4.78 is 29.1. The Kier molecular flexibility index (Phi) is 6.56. The van der Waals surface area contributed by atoms with Crippen molar-refractivity contribution in [1.29, 1.82) is 0 Å². The fourth-order valence-electron chi connectivity index (χ4n) is 3.66. The zero-order valence-corrected chi connectivity index (χ0v) is 19.9. The molecule has 0 aliphatic heterocycles. The monoisotopic (exact) mass is 461 g/mol. The zero-order chi connectivity index (χ0) is 22.9. The zero-order valence-electron chi connectivity index (χ0n) is 18.3. The number of fused-ring (bicyclic) bond motifs is 1. The predicted molar refractivity (Wildman–Crippen MR) is 128 cm³/mol. The summed E-state index contributed by atoms with van der Waals surface area (Å²) in [6.45, 7) is 7.97. The van der Waals surface area contributed by atoms with Gasteiger partial charge in [0.1, 0.15) is 6.04 Å². The Bertz CT molecular complexity index is 1290. The van der Waals surface area contributed by atoms with E-state index in [4.69, 9.17) is 0 Å². The first-order valence-corrected chi connectivity index (χ1v) is 12.7. The van der Waals surface area contributed by atoms with Crippen molar-refractivity contribution in [1.82, 2.24) is 4.57 Å². The molecule has 2 aromatic carbocycles. The first-order valence-electron chi connectivity index (χ1n) is 10.1. The maximum absolute atomic E-state index is 13.2. The number of amides is 1. The van der Waals surface area contributed by atoms with Crippen molar-refractivity contribution in [3.05, 3.63) is 57.2 Å². The number of carbonyl (C=O) groups is 1. The van der Waals surface area contributed by atoms with Crippen molar-refractivity contribution in [2.24, 2.45) is 0 Å². The molecular weight excluding hydrogens is 434 g/mol. The van der Waals surface area contributed by atoms with E-state index in [1.165, 1.54) is 4.31 Å². The Balaban J connectivity index is 1.98. The van der Waals surface area contributed by atoms with Crippen molar-refractivity contribution in [3.63, 3.8) is 0 Å². The van der Waals surface area contributed by atoms with E-state index >= 15 is 0 Å². The Labute approximate surface area is 186 Å². The molecule has 3 rings (SSSR count). The molecule has 1 atom stereocenters. The molecular formula is C22H27N3O4S2. The van der Waals surface area contributed by atoms with Crippen molar-refractivity contribution in [2.75, 3.05) is 15.9 Å². The third-order valence-electron chi connectivity index (χ3n) is 5.18. The number of benzene rings is 2. The Hall–Kier alpha value is -2.65. The lowest BCUT2D eigenvalue weighted by Gasteiger charge is -2.31. The molecule has 1 amide bonds. The van der Waals surface area contributed by atoms with Crippen LogP contribution in [0.4, 0.5) is 11.4 Å². The molecule has 0 bridgehead atoms. The highest BCUT2D eigenvalue weighted by Crippen LogP contribution is 2.28. The average Bonchev–Trinajstić information content (AvgIpc) is 3.01. The van der Waals surface area contributed by atoms with E-state index in [-0.39, 0.29) is 4.87 Å². The molecule has 166 valence electrons. The number of carbonyl (C=O) groups excluding carboxylic acids is 1. The van der Waals surface area contributed by atoms with E-state index in [0.29, 0.717) is 24.3 Å². The minimum atomic E-state index is -3.72. The van der Waals surface area contributed by atoms with E-state index in [2.05, 4.69) is 5.32 Å². The highest BCUT2D eigenvalue weighted by atomic mass is 32.2. The quantitative estimate of drug-likeness (QED) is 0.578. The summed E-state index contributed by atoms with van der Waals surface area (Å²) in [4.78, 5) is 25.2. The van der Waals surface area contributed by atoms with Crippen LogP contribution in [0.1, 0.15) is 31.4 Å². The van der Waals surface area contributed by atoms with Crippen molar-refractivity contribution >= 4 is 48.9 Å². The van der Waals surface area contributed by atoms with Gasteiger partial charge >= 0.3 is 4.87 Å². The number of anilines is 2. The lowest BCUT2D eigenvalue weighted by atomic mass is 10.1. The number of rotatable bonds is 7. The van der Waals surface area contributed by atoms with Gasteiger partial charge in [0.05, 0.1) is 22.2 Å². The number of nitrogens with zero attached hydrogens (tertiary/aromatic N) is 2. The minimum Gasteiger partial charge on any atom is -0.324 e. The summed E-state index contributed by atoms with van der Waals surface area (Å²) >= 11 is 1.12. The molecule has 31 heavy (non-hydrogen) atoms. The highest BCUT2D eigenvalue weighted by Gasteiger charge is 2.32. The Morgan fingerprint density at radius 1 is 1.16 bits per heavy atom. The number of hydrogen-bond acceptors (Lipinski definition) is 5. The lowest BCUT2D eigenvalue weighted by molar-refractivity contribution is -0.117. The molecule has 0 aliphatic rings. The number of aromatic nitrogens is 1. The van der Waals surface area contributed by atoms with Gasteiger partial charge < -0.3 is 5.32 Å². The van der Waals surface area contributed by atoms with Crippen LogP contribution in [-0.4, -0.2) is 31.2 Å². The maximum Gasteiger partial charge on any atom is 0.308 e. The van der Waals surface area contributed by atoms with Crippen LogP contribution in [0.3, 0.4) is 0 Å². The van der Waals surface area contributed by atoms with Crippen LogP contribution in [0.15, 0.2) is 41.2 Å². The predicted octanol–water partition coefficient (Wildman–Crippen LogP) is 3.88. The van der Waals surface area contributed by atoms with Crippen LogP contribution < -0.4 is 14.5 Å². The van der Waals surface area contributed by atoms with Crippen molar-refractivity contribution in [3.8, 4) is 0 Å². The van der Waals surface area contributed by atoms with Gasteiger partial charge in [-0.15, -0.1) is 0 Å². The van der Waals surface area contributed by atoms with E-state index in [9.17, 15) is 18.0 Å². The summed E-state index contributed by atoms with van der Waals surface area (Å²) in [5.74, 6) is -0.421. The molecule has 7 nitrogen and oxygen atoms in total. The maximum atomic E-state index is 13.2. The number of thiazole rings is 1. The highest BCUT2D eigenvalue weighted by molar-refractivity contribution is 7.92. The van der Waals surface area contributed by atoms with Crippen LogP contribution in [0, 0.1) is 13.8 Å². The van der Waals surface area contributed by atoms with Gasteiger partial charge in [0.25, 0.3) is 0 Å². The Morgan fingerprint density at radius 3 is 2.48 bits per heavy atom. The summed E-state index contributed by atoms with van der Waals surface area (Å²) in [7, 11) is -3.72. The van der Waals surface area contributed by atoms with Gasteiger partial charge in [-0.2, -0.15) is 0 Å². The summed E-state index contributed by atoms with van der Waals surface area (Å²) in [5.41, 5.74) is 3.52. The van der Waals surface area contributed by atoms with Gasteiger partial charge in [-0.1, -0.05) is 30.4 Å². The average molecular weight is 462 g/mol. The molecule has 0 aliphatic carbocycles. The van der Waals surface area contributed by atoms with Crippen molar-refractivity contribution in [2.45, 2.75) is 46.7 Å². The van der Waals surface area contributed by atoms with Crippen LogP contribution in [0.5, 0.6) is 0 Å². The molecule has 1 N–H and O–H groups in total. The van der Waals surface area contributed by atoms with Crippen LogP contribution in [0.2, 0.25) is 0 Å². The second-order valence-corrected chi connectivity index (χ2v) is 10.4. The third kappa shape index (κ3) is 4.67. The van der Waals surface area contributed by atoms with E-state index in [0.717, 1.165) is 38.9 Å². The first-order chi connectivity index (χ1) is 14.6. The minimum absolute atomic E-state index is 0.0504. The number of sulfonamides is 1. The summed E-state index contributed by atoms with van der Waals surface area (Å²) in [6, 6.07) is 9.90. The standard InChI is InChI=1S/C22H27N3O4S2/c1-6-17(25(31(5,28)29)19-12-14(3)8-9-15(19)4)21(26)23-16-10-11-18-20(13-16)30-22(27)24(18)7-2/h8-13,17H,6-7H2,1-5H3,(H,23,26)/t17-/m0/s1. The smallest absolute Gasteiger partial charge is 0.308 e. The molecule has 0 saturated carbocycles. The van der Waals surface area contributed by atoms with Gasteiger partial charge in [0.2, 0.25) is 15.9 Å². The molecule has 3 aromatic rings. The topological polar surface area (TPSA) is 88.5 Å². The normalized spacial score (nSPS) is 12.7. The molecule has 0 fully saturated rings. The van der Waals surface area contributed by atoms with Crippen LogP contribution in [-0.2, 0) is 21.4 Å². The third-order valence-corrected chi connectivity index (χ3v) is 7.29. The van der Waals surface area contributed by atoms with E-state index in [1.54, 1.807) is 35.8 Å².